The summed E-state index contributed by atoms with van der Waals surface area (Å²) in [5.41, 5.74) is 7.14. The van der Waals surface area contributed by atoms with E-state index in [1.807, 2.05) is 38.1 Å². The molecular weight excluding hydrogens is 370 g/mol. The van der Waals surface area contributed by atoms with Gasteiger partial charge in [0, 0.05) is 12.2 Å². The zero-order valence-electron chi connectivity index (χ0n) is 16.6. The molecule has 0 bridgehead atoms. The van der Waals surface area contributed by atoms with Gasteiger partial charge >= 0.3 is 0 Å². The Kier molecular flexibility index (Phi) is 6.16. The van der Waals surface area contributed by atoms with E-state index in [9.17, 15) is 14.4 Å². The van der Waals surface area contributed by atoms with Crippen molar-refractivity contribution < 1.29 is 19.1 Å². The first-order valence-electron chi connectivity index (χ1n) is 9.62. The van der Waals surface area contributed by atoms with E-state index >= 15 is 0 Å². The highest BCUT2D eigenvalue weighted by atomic mass is 16.5. The lowest BCUT2D eigenvalue weighted by atomic mass is 9.96. The van der Waals surface area contributed by atoms with E-state index in [2.05, 4.69) is 5.32 Å². The van der Waals surface area contributed by atoms with E-state index < -0.39 is 11.9 Å². The van der Waals surface area contributed by atoms with Gasteiger partial charge in [-0.15, -0.1) is 0 Å². The van der Waals surface area contributed by atoms with Crippen molar-refractivity contribution in [3.63, 3.8) is 0 Å². The summed E-state index contributed by atoms with van der Waals surface area (Å²) in [5, 5.41) is 2.94. The number of fused-ring (bicyclic) bond motifs is 1. The van der Waals surface area contributed by atoms with E-state index in [-0.39, 0.29) is 35.7 Å². The predicted octanol–water partition coefficient (Wildman–Crippen LogP) is 2.56. The van der Waals surface area contributed by atoms with Gasteiger partial charge in [-0.2, -0.15) is 0 Å². The minimum atomic E-state index is -0.631. The molecule has 1 heterocycles. The Labute approximate surface area is 169 Å². The zero-order valence-corrected chi connectivity index (χ0v) is 16.6. The first kappa shape index (κ1) is 20.4. The van der Waals surface area contributed by atoms with Crippen LogP contribution in [0.3, 0.4) is 0 Å². The molecule has 3 rings (SSSR count). The van der Waals surface area contributed by atoms with Crippen LogP contribution in [-0.2, 0) is 16.1 Å². The van der Waals surface area contributed by atoms with Crippen LogP contribution in [0, 0.1) is 5.92 Å². The van der Waals surface area contributed by atoms with E-state index in [1.54, 1.807) is 29.2 Å². The fourth-order valence-corrected chi connectivity index (χ4v) is 3.46. The van der Waals surface area contributed by atoms with Crippen LogP contribution in [-0.4, -0.2) is 35.3 Å². The molecule has 29 heavy (non-hydrogen) atoms. The average molecular weight is 395 g/mol. The van der Waals surface area contributed by atoms with Gasteiger partial charge in [-0.05, 0) is 29.7 Å². The van der Waals surface area contributed by atoms with Crippen molar-refractivity contribution in [1.29, 1.82) is 0 Å². The van der Waals surface area contributed by atoms with E-state index in [4.69, 9.17) is 10.5 Å². The number of ether oxygens (including phenoxy) is 1. The number of hydrogen-bond donors (Lipinski definition) is 2. The number of rotatable bonds is 6. The van der Waals surface area contributed by atoms with Crippen LogP contribution in [0.25, 0.3) is 0 Å². The summed E-state index contributed by atoms with van der Waals surface area (Å²) in [6.07, 6.45) is 0.740. The Morgan fingerprint density at radius 1 is 1.21 bits per heavy atom. The summed E-state index contributed by atoms with van der Waals surface area (Å²) >= 11 is 0. The van der Waals surface area contributed by atoms with E-state index in [0.717, 1.165) is 12.0 Å². The van der Waals surface area contributed by atoms with Crippen LogP contribution in [0.1, 0.15) is 36.2 Å². The Morgan fingerprint density at radius 3 is 2.62 bits per heavy atom. The number of carbonyl (C=O) groups is 3. The van der Waals surface area contributed by atoms with Crippen LogP contribution >= 0.6 is 0 Å². The monoisotopic (exact) mass is 395 g/mol. The molecule has 0 aromatic heterocycles. The minimum absolute atomic E-state index is 0.0360. The van der Waals surface area contributed by atoms with E-state index in [0.29, 0.717) is 12.2 Å². The van der Waals surface area contributed by atoms with Crippen molar-refractivity contribution >= 4 is 23.4 Å². The fraction of sp³-hybridized carbons (Fsp3) is 0.318. The van der Waals surface area contributed by atoms with Crippen molar-refractivity contribution in [3.05, 3.63) is 59.7 Å². The Bertz CT molecular complexity index is 928. The molecule has 0 unspecified atom stereocenters. The first-order valence-corrected chi connectivity index (χ1v) is 9.62. The second-order valence-corrected chi connectivity index (χ2v) is 7.15. The van der Waals surface area contributed by atoms with Crippen LogP contribution in [0.5, 0.6) is 5.75 Å². The van der Waals surface area contributed by atoms with Gasteiger partial charge < -0.3 is 20.7 Å². The van der Waals surface area contributed by atoms with Gasteiger partial charge in [-0.1, -0.05) is 50.6 Å². The molecule has 1 aliphatic heterocycles. The normalized spacial score (nSPS) is 17.0. The molecule has 7 heteroatoms. The summed E-state index contributed by atoms with van der Waals surface area (Å²) in [7, 11) is 0. The molecule has 3 amide bonds. The highest BCUT2D eigenvalue weighted by Gasteiger charge is 2.36. The molecule has 2 aromatic carbocycles. The zero-order chi connectivity index (χ0) is 21.0. The number of hydrogen-bond acceptors (Lipinski definition) is 4. The van der Waals surface area contributed by atoms with Gasteiger partial charge in [0.15, 0.2) is 6.61 Å². The minimum Gasteiger partial charge on any atom is -0.483 e. The fourth-order valence-electron chi connectivity index (χ4n) is 3.46. The van der Waals surface area contributed by atoms with Crippen molar-refractivity contribution in [1.82, 2.24) is 4.90 Å². The highest BCUT2D eigenvalue weighted by Crippen LogP contribution is 2.27. The number of anilines is 1. The summed E-state index contributed by atoms with van der Waals surface area (Å²) in [5.74, 6) is -0.968. The first-order chi connectivity index (χ1) is 13.9. The molecular formula is C22H25N3O4. The summed E-state index contributed by atoms with van der Waals surface area (Å²) in [6, 6.07) is 13.3. The molecule has 0 fully saturated rings. The second-order valence-electron chi connectivity index (χ2n) is 7.15. The lowest BCUT2D eigenvalue weighted by Crippen LogP contribution is -2.50. The molecule has 3 N–H and O–H groups in total. The molecule has 0 aliphatic carbocycles. The number of nitrogens with one attached hydrogen (secondary N) is 1. The lowest BCUT2D eigenvalue weighted by Gasteiger charge is -2.32. The molecule has 152 valence electrons. The van der Waals surface area contributed by atoms with Gasteiger partial charge in [-0.25, -0.2) is 0 Å². The standard InChI is InChI=1S/C22H25N3O4/c1-3-14(2)20-22(28)24-17-10-6-4-8-15(17)12-25(20)19(26)13-29-18-11-7-5-9-16(18)21(23)27/h4-11,14,20H,3,12-13H2,1-2H3,(H2,23,27)(H,24,28)/t14-,20-/m0/s1. The maximum Gasteiger partial charge on any atom is 0.261 e. The number of para-hydroxylation sites is 2. The third-order valence-corrected chi connectivity index (χ3v) is 5.23. The number of nitrogens with zero attached hydrogens (tertiary/aromatic N) is 1. The summed E-state index contributed by atoms with van der Waals surface area (Å²) in [6.45, 7) is 3.93. The van der Waals surface area contributed by atoms with Gasteiger partial charge in [0.05, 0.1) is 5.56 Å². The van der Waals surface area contributed by atoms with Gasteiger partial charge in [0.2, 0.25) is 5.91 Å². The Morgan fingerprint density at radius 2 is 1.90 bits per heavy atom. The Balaban J connectivity index is 1.86. The van der Waals surface area contributed by atoms with Gasteiger partial charge in [0.1, 0.15) is 11.8 Å². The second kappa shape index (κ2) is 8.77. The molecule has 0 radical (unpaired) electrons. The number of primary amides is 1. The lowest BCUT2D eigenvalue weighted by molar-refractivity contribution is -0.142. The molecule has 0 saturated carbocycles. The number of amides is 3. The van der Waals surface area contributed by atoms with E-state index in [1.165, 1.54) is 0 Å². The maximum absolute atomic E-state index is 13.1. The molecule has 7 nitrogen and oxygen atoms in total. The quantitative estimate of drug-likeness (QED) is 0.785. The van der Waals surface area contributed by atoms with Gasteiger partial charge in [-0.3, -0.25) is 14.4 Å². The molecule has 2 aromatic rings. The summed E-state index contributed by atoms with van der Waals surface area (Å²) in [4.78, 5) is 39.1. The number of nitrogens with two attached hydrogens (primary N) is 1. The summed E-state index contributed by atoms with van der Waals surface area (Å²) < 4.78 is 5.62. The highest BCUT2D eigenvalue weighted by molar-refractivity contribution is 5.99. The van der Waals surface area contributed by atoms with Crippen molar-refractivity contribution in [2.45, 2.75) is 32.9 Å². The molecule has 0 spiro atoms. The third-order valence-electron chi connectivity index (χ3n) is 5.23. The van der Waals surface area contributed by atoms with Crippen molar-refractivity contribution in [3.8, 4) is 5.75 Å². The smallest absolute Gasteiger partial charge is 0.261 e. The van der Waals surface area contributed by atoms with Crippen LogP contribution < -0.4 is 15.8 Å². The number of benzene rings is 2. The SMILES string of the molecule is CC[C@H](C)[C@H]1C(=O)Nc2ccccc2CN1C(=O)COc1ccccc1C(N)=O. The van der Waals surface area contributed by atoms with Gasteiger partial charge in [0.25, 0.3) is 11.8 Å². The van der Waals surface area contributed by atoms with Crippen LogP contribution in [0.2, 0.25) is 0 Å². The van der Waals surface area contributed by atoms with Crippen LogP contribution in [0.15, 0.2) is 48.5 Å². The number of carbonyl (C=O) groups excluding carboxylic acids is 3. The van der Waals surface area contributed by atoms with Crippen LogP contribution in [0.4, 0.5) is 5.69 Å². The Hall–Kier alpha value is -3.35. The molecule has 2 atom stereocenters. The van der Waals surface area contributed by atoms with Crippen molar-refractivity contribution in [2.75, 3.05) is 11.9 Å². The maximum atomic E-state index is 13.1. The van der Waals surface area contributed by atoms with Crippen molar-refractivity contribution in [2.24, 2.45) is 11.7 Å². The molecule has 1 aliphatic rings. The third kappa shape index (κ3) is 4.39. The predicted molar refractivity (Wildman–Crippen MR) is 109 cm³/mol. The largest absolute Gasteiger partial charge is 0.483 e. The average Bonchev–Trinajstić information content (AvgIpc) is 2.87. The molecule has 0 saturated heterocycles. The topological polar surface area (TPSA) is 102 Å².